The molecule has 1 rings (SSSR count). The molecule has 1 aromatic rings. The largest absolute Gasteiger partial charge is 0.550 e. The van der Waals surface area contributed by atoms with Gasteiger partial charge in [0.25, 0.3) is 5.91 Å². The van der Waals surface area contributed by atoms with Gasteiger partial charge >= 0.3 is 0 Å². The van der Waals surface area contributed by atoms with Gasteiger partial charge in [-0.3, -0.25) is 4.79 Å². The van der Waals surface area contributed by atoms with Crippen LogP contribution in [0.5, 0.6) is 5.75 Å². The first kappa shape index (κ1) is 16.0. The third kappa shape index (κ3) is 5.73. The van der Waals surface area contributed by atoms with Crippen molar-refractivity contribution in [3.8, 4) is 5.75 Å². The summed E-state index contributed by atoms with van der Waals surface area (Å²) in [5.41, 5.74) is 1.25. The summed E-state index contributed by atoms with van der Waals surface area (Å²) in [5, 5.41) is 12.6. The lowest BCUT2D eigenvalue weighted by atomic mass is 9.87. The second-order valence-corrected chi connectivity index (χ2v) is 5.54. The predicted molar refractivity (Wildman–Crippen MR) is 73.3 cm³/mol. The number of ether oxygens (including phenoxy) is 1. The average molecular weight is 278 g/mol. The zero-order valence-corrected chi connectivity index (χ0v) is 12.1. The fraction of sp³-hybridized carbons (Fsp3) is 0.467. The SMILES string of the molecule is CC(C)(C)c1ccc(OCC(=O)NCCC(=O)[O-])cc1. The van der Waals surface area contributed by atoms with Crippen molar-refractivity contribution in [2.24, 2.45) is 0 Å². The van der Waals surface area contributed by atoms with Gasteiger partial charge < -0.3 is 20.0 Å². The van der Waals surface area contributed by atoms with Crippen LogP contribution >= 0.6 is 0 Å². The van der Waals surface area contributed by atoms with Crippen LogP contribution in [0.4, 0.5) is 0 Å². The summed E-state index contributed by atoms with van der Waals surface area (Å²) in [5.74, 6) is -0.941. The Morgan fingerprint density at radius 1 is 1.20 bits per heavy atom. The molecular weight excluding hydrogens is 258 g/mol. The average Bonchev–Trinajstić information content (AvgIpc) is 2.35. The van der Waals surface area contributed by atoms with Crippen molar-refractivity contribution >= 4 is 11.9 Å². The van der Waals surface area contributed by atoms with Crippen LogP contribution < -0.4 is 15.2 Å². The fourth-order valence-electron chi connectivity index (χ4n) is 1.56. The standard InChI is InChI=1S/C15H21NO4/c1-15(2,3)11-4-6-12(7-5-11)20-10-13(17)16-9-8-14(18)19/h4-7H,8-10H2,1-3H3,(H,16,17)(H,18,19)/p-1. The number of aliphatic carboxylic acids is 1. The van der Waals surface area contributed by atoms with E-state index in [9.17, 15) is 14.7 Å². The van der Waals surface area contributed by atoms with Crippen LogP contribution in [0.2, 0.25) is 0 Å². The minimum atomic E-state index is -1.19. The Bertz CT molecular complexity index is 460. The van der Waals surface area contributed by atoms with Crippen molar-refractivity contribution in [3.63, 3.8) is 0 Å². The van der Waals surface area contributed by atoms with Crippen LogP contribution in [0.3, 0.4) is 0 Å². The molecule has 110 valence electrons. The smallest absolute Gasteiger partial charge is 0.257 e. The van der Waals surface area contributed by atoms with Crippen molar-refractivity contribution < 1.29 is 19.4 Å². The van der Waals surface area contributed by atoms with Crippen LogP contribution in [0.25, 0.3) is 0 Å². The molecule has 5 nitrogen and oxygen atoms in total. The molecule has 1 N–H and O–H groups in total. The summed E-state index contributed by atoms with van der Waals surface area (Å²) >= 11 is 0. The maximum atomic E-state index is 11.4. The quantitative estimate of drug-likeness (QED) is 0.827. The Balaban J connectivity index is 2.38. The number of rotatable bonds is 6. The maximum Gasteiger partial charge on any atom is 0.257 e. The van der Waals surface area contributed by atoms with Gasteiger partial charge in [-0.15, -0.1) is 0 Å². The molecule has 0 aromatic heterocycles. The summed E-state index contributed by atoms with van der Waals surface area (Å²) < 4.78 is 5.32. The number of carboxylic acid groups (broad SMARTS) is 1. The molecule has 0 spiro atoms. The summed E-state index contributed by atoms with van der Waals surface area (Å²) in [7, 11) is 0. The molecule has 1 aromatic carbocycles. The Hall–Kier alpha value is -2.04. The number of carbonyl (C=O) groups is 2. The molecule has 0 heterocycles. The topological polar surface area (TPSA) is 78.5 Å². The Morgan fingerprint density at radius 2 is 1.80 bits per heavy atom. The minimum Gasteiger partial charge on any atom is -0.550 e. The van der Waals surface area contributed by atoms with Gasteiger partial charge in [-0.05, 0) is 23.1 Å². The first-order valence-electron chi connectivity index (χ1n) is 6.49. The highest BCUT2D eigenvalue weighted by molar-refractivity contribution is 5.78. The summed E-state index contributed by atoms with van der Waals surface area (Å²) in [6.07, 6.45) is -0.202. The van der Waals surface area contributed by atoms with Crippen LogP contribution in [0, 0.1) is 0 Å². The first-order valence-corrected chi connectivity index (χ1v) is 6.49. The van der Waals surface area contributed by atoms with Gasteiger partial charge in [0, 0.05) is 18.9 Å². The molecule has 0 fully saturated rings. The predicted octanol–water partition coefficient (Wildman–Crippen LogP) is 0.619. The highest BCUT2D eigenvalue weighted by Gasteiger charge is 2.13. The molecule has 0 saturated carbocycles. The third-order valence-electron chi connectivity index (χ3n) is 2.74. The zero-order chi connectivity index (χ0) is 15.2. The maximum absolute atomic E-state index is 11.4. The van der Waals surface area contributed by atoms with Crippen LogP contribution in [0.1, 0.15) is 32.8 Å². The molecule has 1 amide bonds. The van der Waals surface area contributed by atoms with E-state index in [1.807, 2.05) is 24.3 Å². The van der Waals surface area contributed by atoms with E-state index in [0.29, 0.717) is 5.75 Å². The van der Waals surface area contributed by atoms with Gasteiger partial charge in [-0.25, -0.2) is 0 Å². The Labute approximate surface area is 118 Å². The second-order valence-electron chi connectivity index (χ2n) is 5.54. The van der Waals surface area contributed by atoms with Crippen molar-refractivity contribution in [1.29, 1.82) is 0 Å². The highest BCUT2D eigenvalue weighted by Crippen LogP contribution is 2.24. The van der Waals surface area contributed by atoms with Gasteiger partial charge in [-0.1, -0.05) is 32.9 Å². The molecule has 0 atom stereocenters. The van der Waals surface area contributed by atoms with Gasteiger partial charge in [-0.2, -0.15) is 0 Å². The van der Waals surface area contributed by atoms with E-state index < -0.39 is 5.97 Å². The van der Waals surface area contributed by atoms with Crippen molar-refractivity contribution in [3.05, 3.63) is 29.8 Å². The molecule has 0 radical (unpaired) electrons. The van der Waals surface area contributed by atoms with Crippen LogP contribution in [-0.2, 0) is 15.0 Å². The van der Waals surface area contributed by atoms with E-state index in [1.54, 1.807) is 0 Å². The monoisotopic (exact) mass is 278 g/mol. The van der Waals surface area contributed by atoms with Crippen molar-refractivity contribution in [2.45, 2.75) is 32.6 Å². The molecular formula is C15H20NO4-. The number of carbonyl (C=O) groups excluding carboxylic acids is 2. The lowest BCUT2D eigenvalue weighted by Gasteiger charge is -2.19. The molecule has 20 heavy (non-hydrogen) atoms. The van der Waals surface area contributed by atoms with Crippen molar-refractivity contribution in [1.82, 2.24) is 5.32 Å². The van der Waals surface area contributed by atoms with Crippen molar-refractivity contribution in [2.75, 3.05) is 13.2 Å². The highest BCUT2D eigenvalue weighted by atomic mass is 16.5. The third-order valence-corrected chi connectivity index (χ3v) is 2.74. The van der Waals surface area contributed by atoms with Gasteiger partial charge in [0.05, 0.1) is 0 Å². The molecule has 0 bridgehead atoms. The van der Waals surface area contributed by atoms with Gasteiger partial charge in [0.15, 0.2) is 6.61 Å². The number of hydrogen-bond donors (Lipinski definition) is 1. The molecule has 0 aliphatic heterocycles. The number of carboxylic acids is 1. The minimum absolute atomic E-state index is 0.0491. The summed E-state index contributed by atoms with van der Waals surface area (Å²) in [6, 6.07) is 7.55. The van der Waals surface area contributed by atoms with E-state index >= 15 is 0 Å². The molecule has 0 aliphatic rings. The van der Waals surface area contributed by atoms with Crippen LogP contribution in [0.15, 0.2) is 24.3 Å². The van der Waals surface area contributed by atoms with Gasteiger partial charge in [0.2, 0.25) is 0 Å². The lowest BCUT2D eigenvalue weighted by Crippen LogP contribution is -2.33. The molecule has 0 unspecified atom stereocenters. The molecule has 5 heteroatoms. The van der Waals surface area contributed by atoms with Crippen LogP contribution in [-0.4, -0.2) is 25.0 Å². The van der Waals surface area contributed by atoms with E-state index in [4.69, 9.17) is 4.74 Å². The summed E-state index contributed by atoms with van der Waals surface area (Å²) in [4.78, 5) is 21.6. The number of benzene rings is 1. The second kappa shape index (κ2) is 6.93. The first-order chi connectivity index (χ1) is 9.29. The molecule has 0 aliphatic carbocycles. The number of amides is 1. The van der Waals surface area contributed by atoms with E-state index in [-0.39, 0.29) is 30.9 Å². The lowest BCUT2D eigenvalue weighted by molar-refractivity contribution is -0.305. The summed E-state index contributed by atoms with van der Waals surface area (Å²) in [6.45, 7) is 6.27. The van der Waals surface area contributed by atoms with E-state index in [0.717, 1.165) is 0 Å². The molecule has 0 saturated heterocycles. The number of hydrogen-bond acceptors (Lipinski definition) is 4. The van der Waals surface area contributed by atoms with E-state index in [2.05, 4.69) is 26.1 Å². The Morgan fingerprint density at radius 3 is 2.30 bits per heavy atom. The Kier molecular flexibility index (Phi) is 5.55. The number of nitrogens with one attached hydrogen (secondary N) is 1. The fourth-order valence-corrected chi connectivity index (χ4v) is 1.56. The zero-order valence-electron chi connectivity index (χ0n) is 12.1. The van der Waals surface area contributed by atoms with E-state index in [1.165, 1.54) is 5.56 Å². The normalized spacial score (nSPS) is 10.9. The van der Waals surface area contributed by atoms with Gasteiger partial charge in [0.1, 0.15) is 5.75 Å².